The van der Waals surface area contributed by atoms with Crippen LogP contribution >= 0.6 is 0 Å². The van der Waals surface area contributed by atoms with Gasteiger partial charge in [-0.2, -0.15) is 0 Å². The lowest BCUT2D eigenvalue weighted by Gasteiger charge is -2.32. The molecule has 12 rings (SSSR count). The number of aromatic amines is 2. The summed E-state index contributed by atoms with van der Waals surface area (Å²) in [6, 6.07) is 22.8. The van der Waals surface area contributed by atoms with Gasteiger partial charge < -0.3 is 95.5 Å². The van der Waals surface area contributed by atoms with Crippen LogP contribution < -0.4 is 75.7 Å². The summed E-state index contributed by atoms with van der Waals surface area (Å²) in [7, 11) is 0. The van der Waals surface area contributed by atoms with Gasteiger partial charge in [-0.1, -0.05) is 168 Å². The van der Waals surface area contributed by atoms with Crippen LogP contribution in [-0.2, 0) is 92.8 Å². The van der Waals surface area contributed by atoms with Gasteiger partial charge in [0.05, 0.1) is 12.1 Å². The van der Waals surface area contributed by atoms with Crippen molar-refractivity contribution in [2.45, 2.75) is 273 Å². The van der Waals surface area contributed by atoms with Crippen LogP contribution in [-0.4, -0.2) is 214 Å². The number of unbranched alkanes of at least 4 members (excludes halogenated alkanes) is 1. The first-order valence-corrected chi connectivity index (χ1v) is 47.1. The van der Waals surface area contributed by atoms with E-state index in [0.29, 0.717) is 70.8 Å². The highest BCUT2D eigenvalue weighted by Crippen LogP contribution is 2.33. The first-order chi connectivity index (χ1) is 63.2. The topological polar surface area (TPSA) is 517 Å². The fourth-order valence-corrected chi connectivity index (χ4v) is 19.3. The second kappa shape index (κ2) is 50.0. The smallest absolute Gasteiger partial charge is 0.312 e. The number of aliphatic imine (C=N–C) groups is 1. The average molecular weight is 1810 g/mol. The number of hydrogen-bond acceptors (Lipinski definition) is 16. The normalized spacial score (nSPS) is 23.5. The highest BCUT2D eigenvalue weighted by Gasteiger charge is 2.44. The van der Waals surface area contributed by atoms with Crippen molar-refractivity contribution in [1.29, 1.82) is 0 Å². The number of benzene rings is 4. The maximum atomic E-state index is 14.7. The number of Topliss-reactive ketones (excluding diaryl/α,β-unsaturated/α-hetero) is 2. The van der Waals surface area contributed by atoms with Crippen LogP contribution in [0.4, 0.5) is 4.79 Å². The van der Waals surface area contributed by atoms with E-state index in [9.17, 15) is 71.9 Å². The number of ketones is 2. The van der Waals surface area contributed by atoms with Crippen LogP contribution in [0.15, 0.2) is 127 Å². The number of aromatic nitrogens is 2. The minimum Gasteiger partial charge on any atom is -0.370 e. The van der Waals surface area contributed by atoms with Crippen LogP contribution in [0, 0.1) is 23.7 Å². The van der Waals surface area contributed by atoms with Crippen LogP contribution in [0.25, 0.3) is 21.8 Å². The molecule has 131 heavy (non-hydrogen) atoms. The number of fused-ring (bicyclic) bond motifs is 4. The lowest BCUT2D eigenvalue weighted by Crippen LogP contribution is -2.59. The van der Waals surface area contributed by atoms with Crippen molar-refractivity contribution in [3.8, 4) is 0 Å². The molecule has 14 amide bonds. The second-order valence-electron chi connectivity index (χ2n) is 36.1. The number of nitrogens with zero attached hydrogens (tertiary/aromatic N) is 3. The molecule has 6 aromatic rings. The van der Waals surface area contributed by atoms with Gasteiger partial charge in [0.25, 0.3) is 0 Å². The largest absolute Gasteiger partial charge is 0.370 e. The van der Waals surface area contributed by atoms with E-state index in [4.69, 9.17) is 17.2 Å². The number of carbonyl (C=O) groups is 15. The van der Waals surface area contributed by atoms with E-state index in [1.54, 1.807) is 6.20 Å². The predicted octanol–water partition coefficient (Wildman–Crippen LogP) is 5.61. The number of urea groups is 1. The van der Waals surface area contributed by atoms with Crippen molar-refractivity contribution in [1.82, 2.24) is 78.3 Å². The molecule has 2 saturated carbocycles. The summed E-state index contributed by atoms with van der Waals surface area (Å²) in [5.41, 5.74) is 21.3. The van der Waals surface area contributed by atoms with Crippen molar-refractivity contribution in [3.05, 3.63) is 144 Å². The Labute approximate surface area is 764 Å². The fourth-order valence-electron chi connectivity index (χ4n) is 19.3. The maximum Gasteiger partial charge on any atom is 0.312 e. The monoisotopic (exact) mass is 1800 g/mol. The number of amides is 14. The number of para-hydroxylation sites is 2. The highest BCUT2D eigenvalue weighted by atomic mass is 16.2. The van der Waals surface area contributed by atoms with Gasteiger partial charge in [0.15, 0.2) is 17.5 Å². The van der Waals surface area contributed by atoms with Gasteiger partial charge in [-0.3, -0.25) is 72.1 Å². The SMILES string of the molecule is CC(=O)N[C@@H](Cc1ccccc1)C(=O)N[C@H]1CCCNC(=O)[C@H](CCCCN=C(N)N)CC(=O)[C@H](Cc2c[nH]c3ccccc23)NC(=O)[C@@H](CC2CCCCC2)NC(=O)[C@@H]2CCCN2C1=O.CC(=O)N[C@@H](Cc1ccccc1)C(=O)N[C@H]1CCCNC(=O)[C@H](CCCNC(N)=O)CC(=O)[C@H](Cc2c[nH]c3ccccc23)NC(=O)[C@@H](CC2CCCCC2)NC(=O)[C@@H]2CCCN2C1=O. The summed E-state index contributed by atoms with van der Waals surface area (Å²) in [5, 5.41) is 33.5. The Morgan fingerprint density at radius 2 is 0.847 bits per heavy atom. The zero-order valence-electron chi connectivity index (χ0n) is 75.5. The molecule has 4 saturated heterocycles. The molecule has 34 nitrogen and oxygen atoms in total. The Morgan fingerprint density at radius 3 is 1.26 bits per heavy atom. The number of carbonyl (C=O) groups excluding carboxylic acids is 15. The quantitative estimate of drug-likeness (QED) is 0.0169. The molecule has 2 aliphatic carbocycles. The van der Waals surface area contributed by atoms with E-state index >= 15 is 0 Å². The van der Waals surface area contributed by atoms with E-state index < -0.39 is 143 Å². The van der Waals surface area contributed by atoms with Gasteiger partial charge in [0.1, 0.15) is 48.3 Å². The molecule has 0 radical (unpaired) electrons. The highest BCUT2D eigenvalue weighted by molar-refractivity contribution is 6.01. The molecular formula is C97H133N19O15. The number of primary amides is 1. The van der Waals surface area contributed by atoms with E-state index in [0.717, 1.165) is 108 Å². The fraction of sp³-hybridized carbons (Fsp3) is 0.546. The van der Waals surface area contributed by atoms with Crippen molar-refractivity contribution < 1.29 is 71.9 Å². The van der Waals surface area contributed by atoms with Crippen molar-refractivity contribution >= 4 is 116 Å². The number of guanidine groups is 1. The first kappa shape index (κ1) is 99.1. The summed E-state index contributed by atoms with van der Waals surface area (Å²) >= 11 is 0. The van der Waals surface area contributed by atoms with E-state index in [1.807, 2.05) is 115 Å². The predicted molar refractivity (Wildman–Crippen MR) is 495 cm³/mol. The van der Waals surface area contributed by atoms with Crippen molar-refractivity contribution in [3.63, 3.8) is 0 Å². The molecule has 0 bridgehead atoms. The molecule has 19 N–H and O–H groups in total. The molecular weight excluding hydrogens is 1670 g/mol. The molecule has 6 heterocycles. The van der Waals surface area contributed by atoms with Gasteiger partial charge in [-0.25, -0.2) is 4.79 Å². The molecule has 12 atom stereocenters. The molecule has 34 heteroatoms. The van der Waals surface area contributed by atoms with Crippen LogP contribution in [0.3, 0.4) is 0 Å². The second-order valence-corrected chi connectivity index (χ2v) is 36.1. The lowest BCUT2D eigenvalue weighted by atomic mass is 9.84. The molecule has 0 unspecified atom stereocenters. The Morgan fingerprint density at radius 1 is 0.443 bits per heavy atom. The maximum absolute atomic E-state index is 14.7. The number of hydrogen-bond donors (Lipinski definition) is 16. The van der Waals surface area contributed by atoms with Gasteiger partial charge in [-0.05, 0) is 136 Å². The number of nitrogens with two attached hydrogens (primary N) is 3. The lowest BCUT2D eigenvalue weighted by molar-refractivity contribution is -0.143. The average Bonchev–Trinajstić information content (AvgIpc) is 1.74. The van der Waals surface area contributed by atoms with Gasteiger partial charge in [0, 0.05) is 138 Å². The molecule has 6 aliphatic rings. The molecule has 706 valence electrons. The summed E-state index contributed by atoms with van der Waals surface area (Å²) in [6.45, 7) is 3.87. The zero-order chi connectivity index (χ0) is 93.3. The van der Waals surface area contributed by atoms with Crippen LogP contribution in [0.1, 0.15) is 209 Å². The minimum atomic E-state index is -1.12. The molecule has 6 fully saturated rings. The Bertz CT molecular complexity index is 4950. The van der Waals surface area contributed by atoms with Crippen LogP contribution in [0.5, 0.6) is 0 Å². The third-order valence-corrected chi connectivity index (χ3v) is 26.2. The third kappa shape index (κ3) is 30.0. The Balaban J connectivity index is 0.000000253. The third-order valence-electron chi connectivity index (χ3n) is 26.2. The van der Waals surface area contributed by atoms with Crippen molar-refractivity contribution in [2.24, 2.45) is 45.9 Å². The summed E-state index contributed by atoms with van der Waals surface area (Å²) < 4.78 is 0. The molecule has 2 aromatic heterocycles. The minimum absolute atomic E-state index is 0.0389. The Kier molecular flexibility index (Phi) is 37.8. The zero-order valence-corrected chi connectivity index (χ0v) is 75.5. The van der Waals surface area contributed by atoms with E-state index in [2.05, 4.69) is 73.4 Å². The number of H-pyrrole nitrogens is 2. The molecule has 0 spiro atoms. The summed E-state index contributed by atoms with van der Waals surface area (Å²) in [4.78, 5) is 222. The number of rotatable bonds is 27. The van der Waals surface area contributed by atoms with Gasteiger partial charge >= 0.3 is 6.03 Å². The molecule has 4 aromatic carbocycles. The van der Waals surface area contributed by atoms with Gasteiger partial charge in [0.2, 0.25) is 70.9 Å². The standard InChI is InChI=1S/C49H68N10O7.C48H65N9O8/c1-31(60)55-40(26-32-14-4-2-5-15-32)45(63)56-38-21-12-24-52-44(62)34(18-10-11-23-53-49(50)51)29-43(61)39(28-35-30-54-37-20-9-8-19-36(35)37)57-46(64)41(27-33-16-6-3-7-17-33)58-47(65)42-22-13-25-59(42)48(38)66;1-30(58)53-39(25-31-13-4-2-5-14-31)44(61)54-37-20-11-22-50-43(60)33(17-10-23-51-48(49)65)28-42(59)38(27-34-29-52-36-19-9-8-18-35(34)36)55-45(62)40(26-32-15-6-3-7-16-32)56-46(63)41-21-12-24-57(41)47(37)64/h2,4-5,8-9,14-15,19-20,30,33-34,38-42,54H,3,6-7,10-13,16-18,21-29H2,1H3,(H,52,62)(H,55,60)(H,56,63)(H,57,64)(H,58,65)(H4,50,51,53);2,4-5,8-9,13-14,18-19,29,32-33,37-41,52H,3,6-7,10-12,15-17,20-28H2,1H3,(H,50,60)(H,53,58)(H,54,61)(H,55,62)(H,56,63)(H3,49,51,65)/t34-,38+,39+,40+,41-,42+;33-,37+,38+,39+,40-,41+/m11/s1. The summed E-state index contributed by atoms with van der Waals surface area (Å²) in [5.74, 6) is -7.74. The van der Waals surface area contributed by atoms with Crippen LogP contribution in [0.2, 0.25) is 0 Å². The first-order valence-electron chi connectivity index (χ1n) is 47.1. The Hall–Kier alpha value is -12.5. The molecule has 4 aliphatic heterocycles. The van der Waals surface area contributed by atoms with E-state index in [-0.39, 0.29) is 139 Å². The van der Waals surface area contributed by atoms with Gasteiger partial charge in [-0.15, -0.1) is 0 Å². The number of nitrogens with one attached hydrogen (secondary N) is 13. The van der Waals surface area contributed by atoms with Crippen molar-refractivity contribution in [2.75, 3.05) is 39.3 Å². The van der Waals surface area contributed by atoms with E-state index in [1.165, 1.54) is 23.6 Å². The summed E-state index contributed by atoms with van der Waals surface area (Å²) in [6.07, 6.45) is 18.8.